The highest BCUT2D eigenvalue weighted by Crippen LogP contribution is 2.12. The number of ether oxygens (including phenoxy) is 1. The van der Waals surface area contributed by atoms with Crippen LogP contribution >= 0.6 is 0 Å². The normalized spacial score (nSPS) is 14.2. The van der Waals surface area contributed by atoms with Gasteiger partial charge in [0.05, 0.1) is 24.0 Å². The quantitative estimate of drug-likeness (QED) is 0.640. The molecule has 0 amide bonds. The second-order valence-corrected chi connectivity index (χ2v) is 6.15. The highest BCUT2D eigenvalue weighted by molar-refractivity contribution is 7.92. The van der Waals surface area contributed by atoms with Gasteiger partial charge in [-0.25, -0.2) is 8.42 Å². The zero-order valence-electron chi connectivity index (χ0n) is 8.40. The molecule has 0 bridgehead atoms. The van der Waals surface area contributed by atoms with Crippen LogP contribution in [-0.4, -0.2) is 32.0 Å². The fraction of sp³-hybridized carbons (Fsp3) is 0.875. The Morgan fingerprint density at radius 3 is 2.08 bits per heavy atom. The van der Waals surface area contributed by atoms with Gasteiger partial charge in [-0.2, -0.15) is 0 Å². The Bertz CT molecular complexity index is 266. The SMILES string of the molecule is COC(=O)CC(C)S(=O)(=O)C(C)C. The Morgan fingerprint density at radius 1 is 1.31 bits per heavy atom. The topological polar surface area (TPSA) is 60.4 Å². The lowest BCUT2D eigenvalue weighted by atomic mass is 10.3. The molecule has 0 fully saturated rings. The van der Waals surface area contributed by atoms with Gasteiger partial charge in [0.15, 0.2) is 9.84 Å². The highest BCUT2D eigenvalue weighted by Gasteiger charge is 2.26. The summed E-state index contributed by atoms with van der Waals surface area (Å²) in [6.07, 6.45) is -0.0724. The molecule has 0 aliphatic heterocycles. The minimum Gasteiger partial charge on any atom is -0.469 e. The van der Waals surface area contributed by atoms with Crippen LogP contribution < -0.4 is 0 Å². The van der Waals surface area contributed by atoms with E-state index < -0.39 is 26.3 Å². The van der Waals surface area contributed by atoms with Crippen molar-refractivity contribution in [1.82, 2.24) is 0 Å². The van der Waals surface area contributed by atoms with Crippen molar-refractivity contribution in [1.29, 1.82) is 0 Å². The van der Waals surface area contributed by atoms with Crippen LogP contribution in [0.5, 0.6) is 0 Å². The molecule has 13 heavy (non-hydrogen) atoms. The van der Waals surface area contributed by atoms with E-state index in [-0.39, 0.29) is 6.42 Å². The van der Waals surface area contributed by atoms with Crippen LogP contribution in [0.1, 0.15) is 27.2 Å². The lowest BCUT2D eigenvalue weighted by Gasteiger charge is -2.14. The Labute approximate surface area is 79.2 Å². The van der Waals surface area contributed by atoms with E-state index in [4.69, 9.17) is 0 Å². The molecule has 4 nitrogen and oxygen atoms in total. The maximum atomic E-state index is 11.5. The van der Waals surface area contributed by atoms with Crippen molar-refractivity contribution in [2.24, 2.45) is 0 Å². The van der Waals surface area contributed by atoms with Crippen LogP contribution in [0.2, 0.25) is 0 Å². The largest absolute Gasteiger partial charge is 0.469 e. The van der Waals surface area contributed by atoms with Crippen LogP contribution in [-0.2, 0) is 19.4 Å². The number of hydrogen-bond acceptors (Lipinski definition) is 4. The third kappa shape index (κ3) is 3.34. The van der Waals surface area contributed by atoms with Crippen LogP contribution in [0.15, 0.2) is 0 Å². The Hall–Kier alpha value is -0.580. The lowest BCUT2D eigenvalue weighted by Crippen LogP contribution is -2.28. The standard InChI is InChI=1S/C8H16O4S/c1-6(2)13(10,11)7(3)5-8(9)12-4/h6-7H,5H2,1-4H3. The van der Waals surface area contributed by atoms with Crippen LogP contribution in [0.4, 0.5) is 0 Å². The fourth-order valence-corrected chi connectivity index (χ4v) is 2.20. The first-order valence-corrected chi connectivity index (χ1v) is 5.72. The van der Waals surface area contributed by atoms with Gasteiger partial charge in [-0.3, -0.25) is 4.79 Å². The van der Waals surface area contributed by atoms with Gasteiger partial charge in [-0.1, -0.05) is 0 Å². The summed E-state index contributed by atoms with van der Waals surface area (Å²) in [6, 6.07) is 0. The van der Waals surface area contributed by atoms with Crippen LogP contribution in [0, 0.1) is 0 Å². The average molecular weight is 208 g/mol. The third-order valence-electron chi connectivity index (χ3n) is 1.90. The Balaban J connectivity index is 4.44. The number of sulfone groups is 1. The van der Waals surface area contributed by atoms with E-state index in [2.05, 4.69) is 4.74 Å². The number of methoxy groups -OCH3 is 1. The summed E-state index contributed by atoms with van der Waals surface area (Å²) < 4.78 is 27.3. The molecule has 0 aromatic rings. The van der Waals surface area contributed by atoms with Crippen molar-refractivity contribution in [3.63, 3.8) is 0 Å². The van der Waals surface area contributed by atoms with Gasteiger partial charge in [0, 0.05) is 0 Å². The molecule has 0 heterocycles. The lowest BCUT2D eigenvalue weighted by molar-refractivity contribution is -0.140. The maximum absolute atomic E-state index is 11.5. The zero-order valence-corrected chi connectivity index (χ0v) is 9.22. The molecule has 0 N–H and O–H groups in total. The molecule has 0 aliphatic rings. The summed E-state index contributed by atoms with van der Waals surface area (Å²) >= 11 is 0. The molecule has 0 aromatic carbocycles. The van der Waals surface area contributed by atoms with Crippen molar-refractivity contribution in [2.75, 3.05) is 7.11 Å². The molecule has 0 radical (unpaired) electrons. The number of carbonyl (C=O) groups is 1. The average Bonchev–Trinajstić information content (AvgIpc) is 2.03. The molecule has 0 aliphatic carbocycles. The van der Waals surface area contributed by atoms with Crippen molar-refractivity contribution >= 4 is 15.8 Å². The first-order chi connectivity index (χ1) is 5.82. The van der Waals surface area contributed by atoms with Crippen LogP contribution in [0.25, 0.3) is 0 Å². The van der Waals surface area contributed by atoms with Gasteiger partial charge >= 0.3 is 5.97 Å². The van der Waals surface area contributed by atoms with Gasteiger partial charge in [-0.15, -0.1) is 0 Å². The smallest absolute Gasteiger partial charge is 0.306 e. The number of esters is 1. The van der Waals surface area contributed by atoms with E-state index in [0.29, 0.717) is 0 Å². The van der Waals surface area contributed by atoms with E-state index in [9.17, 15) is 13.2 Å². The first kappa shape index (κ1) is 12.4. The molecular weight excluding hydrogens is 192 g/mol. The van der Waals surface area contributed by atoms with Gasteiger partial charge in [0.1, 0.15) is 0 Å². The molecule has 0 saturated carbocycles. The zero-order chi connectivity index (χ0) is 10.6. The predicted octanol–water partition coefficient (Wildman–Crippen LogP) is 0.761. The van der Waals surface area contributed by atoms with E-state index >= 15 is 0 Å². The maximum Gasteiger partial charge on any atom is 0.306 e. The van der Waals surface area contributed by atoms with Crippen LogP contribution in [0.3, 0.4) is 0 Å². The van der Waals surface area contributed by atoms with Gasteiger partial charge in [-0.05, 0) is 20.8 Å². The second kappa shape index (κ2) is 4.60. The summed E-state index contributed by atoms with van der Waals surface area (Å²) in [5.74, 6) is -0.489. The van der Waals surface area contributed by atoms with Crippen molar-refractivity contribution in [2.45, 2.75) is 37.7 Å². The molecule has 0 saturated heterocycles. The summed E-state index contributed by atoms with van der Waals surface area (Å²) in [5.41, 5.74) is 0. The molecule has 0 aromatic heterocycles. The second-order valence-electron chi connectivity index (χ2n) is 3.23. The third-order valence-corrected chi connectivity index (χ3v) is 4.50. The summed E-state index contributed by atoms with van der Waals surface area (Å²) in [6.45, 7) is 4.72. The molecule has 78 valence electrons. The number of carbonyl (C=O) groups excluding carboxylic acids is 1. The van der Waals surface area contributed by atoms with Crippen molar-refractivity contribution in [3.8, 4) is 0 Å². The van der Waals surface area contributed by atoms with E-state index in [1.54, 1.807) is 13.8 Å². The summed E-state index contributed by atoms with van der Waals surface area (Å²) in [4.78, 5) is 10.8. The Kier molecular flexibility index (Phi) is 4.39. The molecule has 5 heteroatoms. The summed E-state index contributed by atoms with van der Waals surface area (Å²) in [5, 5.41) is -1.12. The molecular formula is C8H16O4S. The molecule has 1 atom stereocenters. The van der Waals surface area contributed by atoms with E-state index in [0.717, 1.165) is 0 Å². The number of hydrogen-bond donors (Lipinski definition) is 0. The van der Waals surface area contributed by atoms with Gasteiger partial charge < -0.3 is 4.74 Å². The minimum absolute atomic E-state index is 0.0724. The number of rotatable bonds is 4. The molecule has 1 unspecified atom stereocenters. The van der Waals surface area contributed by atoms with Gasteiger partial charge in [0.2, 0.25) is 0 Å². The molecule has 0 rings (SSSR count). The first-order valence-electron chi connectivity index (χ1n) is 4.12. The van der Waals surface area contributed by atoms with E-state index in [1.807, 2.05) is 0 Å². The van der Waals surface area contributed by atoms with Gasteiger partial charge in [0.25, 0.3) is 0 Å². The monoisotopic (exact) mass is 208 g/mol. The van der Waals surface area contributed by atoms with Crippen molar-refractivity contribution < 1.29 is 17.9 Å². The van der Waals surface area contributed by atoms with Crippen molar-refractivity contribution in [3.05, 3.63) is 0 Å². The summed E-state index contributed by atoms with van der Waals surface area (Å²) in [7, 11) is -1.94. The highest BCUT2D eigenvalue weighted by atomic mass is 32.2. The Morgan fingerprint density at radius 2 is 1.77 bits per heavy atom. The van der Waals surface area contributed by atoms with E-state index in [1.165, 1.54) is 14.0 Å². The minimum atomic E-state index is -3.18. The predicted molar refractivity (Wildman–Crippen MR) is 50.2 cm³/mol. The molecule has 0 spiro atoms. The fourth-order valence-electron chi connectivity index (χ4n) is 0.899.